The Morgan fingerprint density at radius 3 is 2.58 bits per heavy atom. The van der Waals surface area contributed by atoms with Gasteiger partial charge in [-0.2, -0.15) is 4.31 Å². The van der Waals surface area contributed by atoms with E-state index in [1.54, 1.807) is 4.90 Å². The topological polar surface area (TPSA) is 69.7 Å². The fraction of sp³-hybridized carbons (Fsp3) is 0.533. The molecule has 0 atom stereocenters. The number of halogens is 2. The predicted molar refractivity (Wildman–Crippen MR) is 85.0 cm³/mol. The quantitative estimate of drug-likeness (QED) is 0.889. The zero-order valence-corrected chi connectivity index (χ0v) is 14.3. The molecule has 1 heterocycles. The SMILES string of the molecule is CCCNC(=O)N1CCCN(S(=O)(=O)c2ccc(F)c(F)c2)CC1. The minimum Gasteiger partial charge on any atom is -0.338 e. The van der Waals surface area contributed by atoms with Gasteiger partial charge in [-0.3, -0.25) is 0 Å². The van der Waals surface area contributed by atoms with Crippen LogP contribution in [0.2, 0.25) is 0 Å². The van der Waals surface area contributed by atoms with E-state index in [4.69, 9.17) is 0 Å². The summed E-state index contributed by atoms with van der Waals surface area (Å²) in [5.41, 5.74) is 0. The molecule has 9 heteroatoms. The van der Waals surface area contributed by atoms with Crippen molar-refractivity contribution in [1.29, 1.82) is 0 Å². The van der Waals surface area contributed by atoms with Crippen LogP contribution in [-0.4, -0.2) is 56.4 Å². The van der Waals surface area contributed by atoms with Gasteiger partial charge in [0.25, 0.3) is 0 Å². The summed E-state index contributed by atoms with van der Waals surface area (Å²) in [6.07, 6.45) is 1.29. The van der Waals surface area contributed by atoms with Gasteiger partial charge in [-0.15, -0.1) is 0 Å². The van der Waals surface area contributed by atoms with Crippen LogP contribution in [-0.2, 0) is 10.0 Å². The molecule has 1 saturated heterocycles. The van der Waals surface area contributed by atoms with E-state index in [2.05, 4.69) is 5.32 Å². The predicted octanol–water partition coefficient (Wildman–Crippen LogP) is 1.78. The summed E-state index contributed by atoms with van der Waals surface area (Å²) in [5.74, 6) is -2.30. The highest BCUT2D eigenvalue weighted by Crippen LogP contribution is 2.20. The van der Waals surface area contributed by atoms with E-state index in [0.29, 0.717) is 25.6 Å². The Hall–Kier alpha value is -1.74. The number of rotatable bonds is 4. The third-order valence-corrected chi connectivity index (χ3v) is 5.69. The number of hydrogen-bond acceptors (Lipinski definition) is 3. The summed E-state index contributed by atoms with van der Waals surface area (Å²) in [4.78, 5) is 13.3. The van der Waals surface area contributed by atoms with E-state index in [-0.39, 0.29) is 30.6 Å². The summed E-state index contributed by atoms with van der Waals surface area (Å²) in [7, 11) is -3.92. The molecular weight excluding hydrogens is 340 g/mol. The Morgan fingerprint density at radius 1 is 1.17 bits per heavy atom. The molecule has 2 amide bonds. The number of benzene rings is 1. The fourth-order valence-electron chi connectivity index (χ4n) is 2.47. The molecule has 0 bridgehead atoms. The van der Waals surface area contributed by atoms with Gasteiger partial charge in [-0.1, -0.05) is 6.92 Å². The van der Waals surface area contributed by atoms with Crippen molar-refractivity contribution in [2.24, 2.45) is 0 Å². The van der Waals surface area contributed by atoms with Gasteiger partial charge in [0.2, 0.25) is 10.0 Å². The Morgan fingerprint density at radius 2 is 1.92 bits per heavy atom. The highest BCUT2D eigenvalue weighted by molar-refractivity contribution is 7.89. The van der Waals surface area contributed by atoms with Crippen LogP contribution in [0.4, 0.5) is 13.6 Å². The van der Waals surface area contributed by atoms with Crippen LogP contribution in [0.3, 0.4) is 0 Å². The molecule has 0 aliphatic carbocycles. The molecule has 24 heavy (non-hydrogen) atoms. The second-order valence-corrected chi connectivity index (χ2v) is 7.49. The van der Waals surface area contributed by atoms with E-state index < -0.39 is 21.7 Å². The normalized spacial score (nSPS) is 16.7. The Bertz CT molecular complexity index is 697. The Labute approximate surface area is 140 Å². The standard InChI is InChI=1S/C15H21F2N3O3S/c1-2-6-18-15(21)19-7-3-8-20(10-9-19)24(22,23)12-4-5-13(16)14(17)11-12/h4-5,11H,2-3,6-10H2,1H3,(H,18,21). The Balaban J connectivity index is 2.09. The first kappa shape index (κ1) is 18.6. The summed E-state index contributed by atoms with van der Waals surface area (Å²) in [6.45, 7) is 3.53. The number of urea groups is 1. The summed E-state index contributed by atoms with van der Waals surface area (Å²) >= 11 is 0. The average molecular weight is 361 g/mol. The van der Waals surface area contributed by atoms with Gasteiger partial charge in [0.1, 0.15) is 0 Å². The molecule has 1 fully saturated rings. The van der Waals surface area contributed by atoms with Gasteiger partial charge in [0.15, 0.2) is 11.6 Å². The number of nitrogens with one attached hydrogen (secondary N) is 1. The van der Waals surface area contributed by atoms with Gasteiger partial charge in [0.05, 0.1) is 4.90 Å². The highest BCUT2D eigenvalue weighted by atomic mass is 32.2. The monoisotopic (exact) mass is 361 g/mol. The highest BCUT2D eigenvalue weighted by Gasteiger charge is 2.28. The molecule has 2 rings (SSSR count). The number of sulfonamides is 1. The van der Waals surface area contributed by atoms with E-state index in [9.17, 15) is 22.0 Å². The van der Waals surface area contributed by atoms with Gasteiger partial charge in [-0.05, 0) is 31.0 Å². The lowest BCUT2D eigenvalue weighted by Crippen LogP contribution is -2.42. The van der Waals surface area contributed by atoms with Crippen molar-refractivity contribution in [2.75, 3.05) is 32.7 Å². The van der Waals surface area contributed by atoms with Crippen molar-refractivity contribution in [2.45, 2.75) is 24.7 Å². The van der Waals surface area contributed by atoms with Crippen LogP contribution >= 0.6 is 0 Å². The van der Waals surface area contributed by atoms with Crippen molar-refractivity contribution in [3.63, 3.8) is 0 Å². The van der Waals surface area contributed by atoms with Crippen molar-refractivity contribution < 1.29 is 22.0 Å². The average Bonchev–Trinajstić information content (AvgIpc) is 2.81. The molecule has 0 spiro atoms. The maximum atomic E-state index is 13.3. The van der Waals surface area contributed by atoms with Crippen molar-refractivity contribution >= 4 is 16.1 Å². The second-order valence-electron chi connectivity index (χ2n) is 5.55. The second kappa shape index (κ2) is 7.89. The number of carbonyl (C=O) groups excluding carboxylic acids is 1. The van der Waals surface area contributed by atoms with Gasteiger partial charge in [-0.25, -0.2) is 22.0 Å². The molecule has 0 saturated carbocycles. The third kappa shape index (κ3) is 4.21. The van der Waals surface area contributed by atoms with Crippen molar-refractivity contribution in [3.8, 4) is 0 Å². The minimum absolute atomic E-state index is 0.112. The molecule has 0 aromatic heterocycles. The molecule has 134 valence electrons. The molecule has 1 N–H and O–H groups in total. The number of hydrogen-bond donors (Lipinski definition) is 1. The lowest BCUT2D eigenvalue weighted by Gasteiger charge is -2.22. The minimum atomic E-state index is -3.92. The summed E-state index contributed by atoms with van der Waals surface area (Å²) < 4.78 is 52.7. The maximum Gasteiger partial charge on any atom is 0.317 e. The van der Waals surface area contributed by atoms with Crippen LogP contribution < -0.4 is 5.32 Å². The van der Waals surface area contributed by atoms with Crippen LogP contribution in [0.5, 0.6) is 0 Å². The lowest BCUT2D eigenvalue weighted by atomic mass is 10.3. The van der Waals surface area contributed by atoms with Gasteiger partial charge in [0, 0.05) is 32.7 Å². The maximum absolute atomic E-state index is 13.3. The first-order valence-electron chi connectivity index (χ1n) is 7.84. The molecule has 1 aromatic carbocycles. The van der Waals surface area contributed by atoms with E-state index in [1.807, 2.05) is 6.92 Å². The zero-order chi connectivity index (χ0) is 17.7. The van der Waals surface area contributed by atoms with Crippen LogP contribution in [0.1, 0.15) is 19.8 Å². The largest absolute Gasteiger partial charge is 0.338 e. The first-order valence-corrected chi connectivity index (χ1v) is 9.28. The van der Waals surface area contributed by atoms with Crippen molar-refractivity contribution in [1.82, 2.24) is 14.5 Å². The molecule has 1 aliphatic rings. The van der Waals surface area contributed by atoms with Crippen LogP contribution in [0.25, 0.3) is 0 Å². The smallest absolute Gasteiger partial charge is 0.317 e. The van der Waals surface area contributed by atoms with E-state index >= 15 is 0 Å². The molecule has 0 radical (unpaired) electrons. The lowest BCUT2D eigenvalue weighted by molar-refractivity contribution is 0.200. The van der Waals surface area contributed by atoms with Gasteiger partial charge >= 0.3 is 6.03 Å². The molecule has 1 aliphatic heterocycles. The molecule has 6 nitrogen and oxygen atoms in total. The first-order chi connectivity index (χ1) is 11.4. The van der Waals surface area contributed by atoms with Crippen LogP contribution in [0.15, 0.2) is 23.1 Å². The van der Waals surface area contributed by atoms with Crippen LogP contribution in [0, 0.1) is 11.6 Å². The third-order valence-electron chi connectivity index (χ3n) is 3.80. The zero-order valence-electron chi connectivity index (χ0n) is 13.5. The Kier molecular flexibility index (Phi) is 6.11. The van der Waals surface area contributed by atoms with E-state index in [1.165, 1.54) is 4.31 Å². The van der Waals surface area contributed by atoms with Crippen molar-refractivity contribution in [3.05, 3.63) is 29.8 Å². The summed E-state index contributed by atoms with van der Waals surface area (Å²) in [6, 6.07) is 2.31. The van der Waals surface area contributed by atoms with E-state index in [0.717, 1.165) is 18.6 Å². The molecule has 1 aromatic rings. The molecule has 0 unspecified atom stereocenters. The van der Waals surface area contributed by atoms with Gasteiger partial charge < -0.3 is 10.2 Å². The summed E-state index contributed by atoms with van der Waals surface area (Å²) in [5, 5.41) is 2.76. The number of carbonyl (C=O) groups is 1. The fourth-order valence-corrected chi connectivity index (χ4v) is 3.95. The number of amides is 2. The molecular formula is C15H21F2N3O3S. The number of nitrogens with zero attached hydrogens (tertiary/aromatic N) is 2.